The summed E-state index contributed by atoms with van der Waals surface area (Å²) < 4.78 is 18.8. The summed E-state index contributed by atoms with van der Waals surface area (Å²) in [4.78, 5) is 32.6. The van der Waals surface area contributed by atoms with Crippen molar-refractivity contribution in [3.8, 4) is 22.4 Å². The first-order chi connectivity index (χ1) is 17.7. The van der Waals surface area contributed by atoms with E-state index in [0.717, 1.165) is 24.0 Å². The van der Waals surface area contributed by atoms with Crippen LogP contribution in [0.4, 0.5) is 15.9 Å². The Balaban J connectivity index is 1.45. The Morgan fingerprint density at radius 3 is 2.65 bits per heavy atom. The Bertz CT molecular complexity index is 1570. The molecular formula is C26H27FN8O2. The smallest absolute Gasteiger partial charge is 0.252 e. The minimum Gasteiger partial charge on any atom is -0.382 e. The average molecular weight is 503 g/mol. The molecule has 0 unspecified atom stereocenters. The van der Waals surface area contributed by atoms with Crippen LogP contribution < -0.4 is 10.6 Å². The van der Waals surface area contributed by atoms with Gasteiger partial charge in [0.1, 0.15) is 23.2 Å². The fraction of sp³-hybridized carbons (Fsp3) is 0.346. The SMILES string of the molecule is CC(=O)N1CCN(c2cc(-c3cc(-c4cnn(C5CC5)c4)c4c(N)ncnn34)ccc2F)C(=O)C1(C)C. The average Bonchev–Trinajstić information content (AvgIpc) is 3.45. The maximum absolute atomic E-state index is 15.1. The zero-order valence-corrected chi connectivity index (χ0v) is 20.8. The summed E-state index contributed by atoms with van der Waals surface area (Å²) in [5, 5.41) is 8.94. The van der Waals surface area contributed by atoms with Crippen molar-refractivity contribution in [2.24, 2.45) is 0 Å². The fourth-order valence-electron chi connectivity index (χ4n) is 5.20. The van der Waals surface area contributed by atoms with E-state index in [1.807, 2.05) is 16.9 Å². The van der Waals surface area contributed by atoms with Gasteiger partial charge < -0.3 is 15.5 Å². The van der Waals surface area contributed by atoms with Gasteiger partial charge in [-0.05, 0) is 51.0 Å². The van der Waals surface area contributed by atoms with Crippen molar-refractivity contribution in [3.05, 3.63) is 48.8 Å². The summed E-state index contributed by atoms with van der Waals surface area (Å²) in [7, 11) is 0. The van der Waals surface area contributed by atoms with Gasteiger partial charge in [0.2, 0.25) is 5.91 Å². The van der Waals surface area contributed by atoms with E-state index in [9.17, 15) is 9.59 Å². The number of halogens is 1. The second-order valence-electron chi connectivity index (χ2n) is 10.1. The zero-order chi connectivity index (χ0) is 26.1. The van der Waals surface area contributed by atoms with Crippen LogP contribution in [0.25, 0.3) is 27.9 Å². The van der Waals surface area contributed by atoms with E-state index >= 15 is 4.39 Å². The second kappa shape index (κ2) is 8.12. The van der Waals surface area contributed by atoms with Gasteiger partial charge in [-0.25, -0.2) is 13.9 Å². The van der Waals surface area contributed by atoms with Gasteiger partial charge in [0.15, 0.2) is 5.82 Å². The van der Waals surface area contributed by atoms with Crippen LogP contribution in [0.2, 0.25) is 0 Å². The lowest BCUT2D eigenvalue weighted by molar-refractivity contribution is -0.145. The zero-order valence-electron chi connectivity index (χ0n) is 20.8. The lowest BCUT2D eigenvalue weighted by Crippen LogP contribution is -2.64. The number of aromatic nitrogens is 5. The molecule has 1 aliphatic heterocycles. The van der Waals surface area contributed by atoms with Crippen LogP contribution in [-0.2, 0) is 9.59 Å². The van der Waals surface area contributed by atoms with Gasteiger partial charge in [-0.3, -0.25) is 14.3 Å². The second-order valence-corrected chi connectivity index (χ2v) is 10.1. The molecule has 6 rings (SSSR count). The van der Waals surface area contributed by atoms with Crippen LogP contribution in [0, 0.1) is 5.82 Å². The molecule has 2 N–H and O–H groups in total. The number of anilines is 2. The first kappa shape index (κ1) is 23.1. The molecule has 11 heteroatoms. The molecule has 190 valence electrons. The Morgan fingerprint density at radius 2 is 1.92 bits per heavy atom. The van der Waals surface area contributed by atoms with Crippen molar-refractivity contribution in [2.45, 2.75) is 45.2 Å². The first-order valence-corrected chi connectivity index (χ1v) is 12.2. The number of nitrogen functional groups attached to an aromatic ring is 1. The van der Waals surface area contributed by atoms with Crippen LogP contribution in [0.1, 0.15) is 39.7 Å². The predicted octanol–water partition coefficient (Wildman–Crippen LogP) is 3.29. The molecule has 1 aliphatic carbocycles. The molecule has 37 heavy (non-hydrogen) atoms. The lowest BCUT2D eigenvalue weighted by Gasteiger charge is -2.45. The molecule has 0 spiro atoms. The van der Waals surface area contributed by atoms with E-state index in [2.05, 4.69) is 15.2 Å². The Kier molecular flexibility index (Phi) is 5.08. The molecule has 4 heterocycles. The summed E-state index contributed by atoms with van der Waals surface area (Å²) in [5.74, 6) is -0.744. The van der Waals surface area contributed by atoms with Crippen molar-refractivity contribution in [3.63, 3.8) is 0 Å². The highest BCUT2D eigenvalue weighted by Crippen LogP contribution is 2.39. The molecule has 3 aromatic heterocycles. The quantitative estimate of drug-likeness (QED) is 0.458. The molecule has 10 nitrogen and oxygen atoms in total. The van der Waals surface area contributed by atoms with Crippen molar-refractivity contribution in [1.29, 1.82) is 0 Å². The van der Waals surface area contributed by atoms with Gasteiger partial charge in [0, 0.05) is 42.9 Å². The number of rotatable bonds is 4. The molecular weight excluding hydrogens is 475 g/mol. The summed E-state index contributed by atoms with van der Waals surface area (Å²) >= 11 is 0. The molecule has 2 amide bonds. The molecule has 2 fully saturated rings. The Labute approximate surface area is 212 Å². The lowest BCUT2D eigenvalue weighted by atomic mass is 9.96. The molecule has 1 saturated carbocycles. The van der Waals surface area contributed by atoms with Gasteiger partial charge >= 0.3 is 0 Å². The van der Waals surface area contributed by atoms with E-state index in [1.165, 1.54) is 29.1 Å². The number of hydrogen-bond acceptors (Lipinski definition) is 6. The van der Waals surface area contributed by atoms with Gasteiger partial charge in [0.05, 0.1) is 23.6 Å². The summed E-state index contributed by atoms with van der Waals surface area (Å²) in [6.45, 7) is 5.30. The number of amides is 2. The van der Waals surface area contributed by atoms with E-state index in [1.54, 1.807) is 36.7 Å². The van der Waals surface area contributed by atoms with E-state index in [-0.39, 0.29) is 24.0 Å². The first-order valence-electron chi connectivity index (χ1n) is 12.2. The van der Waals surface area contributed by atoms with Crippen LogP contribution in [0.3, 0.4) is 0 Å². The van der Waals surface area contributed by atoms with Crippen molar-refractivity contribution in [1.82, 2.24) is 29.3 Å². The largest absolute Gasteiger partial charge is 0.382 e. The molecule has 4 aromatic rings. The number of hydrogen-bond donors (Lipinski definition) is 1. The highest BCUT2D eigenvalue weighted by atomic mass is 19.1. The monoisotopic (exact) mass is 502 g/mol. The number of carbonyl (C=O) groups excluding carboxylic acids is 2. The normalized spacial score (nSPS) is 17.6. The summed E-state index contributed by atoms with van der Waals surface area (Å²) in [6.07, 6.45) is 7.40. The third kappa shape index (κ3) is 3.64. The standard InChI is InChI=1S/C26H27FN8O2/c1-15(36)33-9-8-32(25(37)26(33,2)3)22-10-16(4-7-20(22)27)21-11-19(23-24(28)29-14-31-35(21)23)17-12-30-34(13-17)18-5-6-18/h4,7,10-14,18H,5-6,8-9H2,1-3H3,(H2,28,29,31). The maximum Gasteiger partial charge on any atom is 0.252 e. The third-order valence-corrected chi connectivity index (χ3v) is 7.32. The highest BCUT2D eigenvalue weighted by molar-refractivity contribution is 6.03. The third-order valence-electron chi connectivity index (χ3n) is 7.32. The van der Waals surface area contributed by atoms with Gasteiger partial charge in [-0.2, -0.15) is 10.2 Å². The molecule has 0 bridgehead atoms. The minimum absolute atomic E-state index is 0.152. The predicted molar refractivity (Wildman–Crippen MR) is 136 cm³/mol. The van der Waals surface area contributed by atoms with Crippen molar-refractivity contribution in [2.75, 3.05) is 23.7 Å². The van der Waals surface area contributed by atoms with Gasteiger partial charge in [-0.1, -0.05) is 0 Å². The molecule has 1 saturated heterocycles. The van der Waals surface area contributed by atoms with Crippen LogP contribution in [-0.4, -0.2) is 59.7 Å². The number of carbonyl (C=O) groups is 2. The van der Waals surface area contributed by atoms with E-state index in [0.29, 0.717) is 35.2 Å². The van der Waals surface area contributed by atoms with Crippen LogP contribution >= 0.6 is 0 Å². The molecule has 1 aromatic carbocycles. The molecule has 0 atom stereocenters. The Hall–Kier alpha value is -4.28. The summed E-state index contributed by atoms with van der Waals surface area (Å²) in [5.41, 5.74) is 9.00. The fourth-order valence-corrected chi connectivity index (χ4v) is 5.20. The topological polar surface area (TPSA) is 115 Å². The van der Waals surface area contributed by atoms with Gasteiger partial charge in [0.25, 0.3) is 5.91 Å². The minimum atomic E-state index is -1.09. The number of nitrogens with two attached hydrogens (primary N) is 1. The van der Waals surface area contributed by atoms with Crippen molar-refractivity contribution >= 4 is 28.8 Å². The highest BCUT2D eigenvalue weighted by Gasteiger charge is 2.44. The number of fused-ring (bicyclic) bond motifs is 1. The van der Waals surface area contributed by atoms with Crippen molar-refractivity contribution < 1.29 is 14.0 Å². The summed E-state index contributed by atoms with van der Waals surface area (Å²) in [6, 6.07) is 7.00. The van der Waals surface area contributed by atoms with Crippen LogP contribution in [0.5, 0.6) is 0 Å². The number of nitrogens with zero attached hydrogens (tertiary/aromatic N) is 7. The Morgan fingerprint density at radius 1 is 1.14 bits per heavy atom. The molecule has 2 aliphatic rings. The molecule has 0 radical (unpaired) electrons. The van der Waals surface area contributed by atoms with Gasteiger partial charge in [-0.15, -0.1) is 0 Å². The van der Waals surface area contributed by atoms with E-state index < -0.39 is 11.4 Å². The van der Waals surface area contributed by atoms with Crippen LogP contribution in [0.15, 0.2) is 43.0 Å². The van der Waals surface area contributed by atoms with E-state index in [4.69, 9.17) is 5.73 Å². The number of piperazine rings is 1. The number of benzene rings is 1. The maximum atomic E-state index is 15.1.